The number of urea groups is 1. The molecule has 2 N–H and O–H groups in total. The Labute approximate surface area is 113 Å². The average Bonchev–Trinajstić information content (AvgIpc) is 2.35. The highest BCUT2D eigenvalue weighted by molar-refractivity contribution is 5.74. The van der Waals surface area contributed by atoms with Crippen molar-refractivity contribution in [1.29, 1.82) is 0 Å². The minimum atomic E-state index is -0.163. The normalized spacial score (nSPS) is 13.3. The summed E-state index contributed by atoms with van der Waals surface area (Å²) in [5.41, 5.74) is 2.11. The molecule has 104 valence electrons. The molecule has 1 aliphatic heterocycles. The number of ether oxygens (including phenoxy) is 2. The zero-order valence-corrected chi connectivity index (χ0v) is 11.6. The highest BCUT2D eigenvalue weighted by Gasteiger charge is 2.14. The monoisotopic (exact) mass is 264 g/mol. The SMILES string of the molecule is Cc1cc2c(cc1CNC(=O)NC(C)C)OCCO2. The lowest BCUT2D eigenvalue weighted by atomic mass is 10.1. The van der Waals surface area contributed by atoms with Crippen LogP contribution in [-0.4, -0.2) is 25.3 Å². The molecule has 2 rings (SSSR count). The Hall–Kier alpha value is -1.91. The molecule has 5 heteroatoms. The van der Waals surface area contributed by atoms with E-state index in [9.17, 15) is 4.79 Å². The van der Waals surface area contributed by atoms with E-state index in [4.69, 9.17) is 9.47 Å². The summed E-state index contributed by atoms with van der Waals surface area (Å²) in [7, 11) is 0. The highest BCUT2D eigenvalue weighted by atomic mass is 16.6. The summed E-state index contributed by atoms with van der Waals surface area (Å²) in [5, 5.41) is 5.62. The summed E-state index contributed by atoms with van der Waals surface area (Å²) in [6.07, 6.45) is 0. The van der Waals surface area contributed by atoms with E-state index in [1.165, 1.54) is 0 Å². The smallest absolute Gasteiger partial charge is 0.315 e. The fourth-order valence-corrected chi connectivity index (χ4v) is 1.91. The molecule has 0 bridgehead atoms. The zero-order valence-electron chi connectivity index (χ0n) is 11.6. The lowest BCUT2D eigenvalue weighted by molar-refractivity contribution is 0.171. The molecular formula is C14H20N2O3. The quantitative estimate of drug-likeness (QED) is 0.877. The third-order valence-electron chi connectivity index (χ3n) is 2.86. The zero-order chi connectivity index (χ0) is 13.8. The van der Waals surface area contributed by atoms with E-state index >= 15 is 0 Å². The number of rotatable bonds is 3. The second-order valence-corrected chi connectivity index (χ2v) is 4.90. The van der Waals surface area contributed by atoms with Crippen LogP contribution in [0.3, 0.4) is 0 Å². The van der Waals surface area contributed by atoms with Gasteiger partial charge >= 0.3 is 6.03 Å². The summed E-state index contributed by atoms with van der Waals surface area (Å²) in [6, 6.07) is 3.84. The summed E-state index contributed by atoms with van der Waals surface area (Å²) in [6.45, 7) is 7.47. The molecule has 19 heavy (non-hydrogen) atoms. The second kappa shape index (κ2) is 5.82. The summed E-state index contributed by atoms with van der Waals surface area (Å²) in [5.74, 6) is 1.53. The molecule has 5 nitrogen and oxygen atoms in total. The summed E-state index contributed by atoms with van der Waals surface area (Å²) in [4.78, 5) is 11.5. The number of carbonyl (C=O) groups is 1. The predicted octanol–water partition coefficient (Wildman–Crippen LogP) is 1.97. The first-order valence-corrected chi connectivity index (χ1v) is 6.49. The van der Waals surface area contributed by atoms with Gasteiger partial charge in [0.05, 0.1) is 0 Å². The maximum Gasteiger partial charge on any atom is 0.315 e. The predicted molar refractivity (Wildman–Crippen MR) is 72.7 cm³/mol. The van der Waals surface area contributed by atoms with Crippen molar-refractivity contribution in [2.45, 2.75) is 33.4 Å². The number of nitrogens with one attached hydrogen (secondary N) is 2. The Morgan fingerprint density at radius 1 is 1.26 bits per heavy atom. The lowest BCUT2D eigenvalue weighted by Crippen LogP contribution is -2.39. The van der Waals surface area contributed by atoms with Gasteiger partial charge in [0.2, 0.25) is 0 Å². The largest absolute Gasteiger partial charge is 0.486 e. The molecule has 0 atom stereocenters. The molecule has 0 unspecified atom stereocenters. The highest BCUT2D eigenvalue weighted by Crippen LogP contribution is 2.32. The van der Waals surface area contributed by atoms with Gasteiger partial charge in [0.25, 0.3) is 0 Å². The van der Waals surface area contributed by atoms with Crippen molar-refractivity contribution in [3.8, 4) is 11.5 Å². The molecule has 1 heterocycles. The van der Waals surface area contributed by atoms with Crippen LogP contribution in [-0.2, 0) is 6.54 Å². The summed E-state index contributed by atoms with van der Waals surface area (Å²) < 4.78 is 11.0. The Morgan fingerprint density at radius 3 is 2.53 bits per heavy atom. The van der Waals surface area contributed by atoms with E-state index in [-0.39, 0.29) is 12.1 Å². The fourth-order valence-electron chi connectivity index (χ4n) is 1.91. The van der Waals surface area contributed by atoms with Crippen LogP contribution >= 0.6 is 0 Å². The summed E-state index contributed by atoms with van der Waals surface area (Å²) >= 11 is 0. The van der Waals surface area contributed by atoms with Gasteiger partial charge in [-0.15, -0.1) is 0 Å². The van der Waals surface area contributed by atoms with Gasteiger partial charge in [-0.1, -0.05) is 0 Å². The molecular weight excluding hydrogens is 244 g/mol. The molecule has 1 aromatic rings. The van der Waals surface area contributed by atoms with E-state index in [2.05, 4.69) is 10.6 Å². The standard InChI is InChI=1S/C14H20N2O3/c1-9(2)16-14(17)15-8-11-7-13-12(6-10(11)3)18-4-5-19-13/h6-7,9H,4-5,8H2,1-3H3,(H2,15,16,17). The van der Waals surface area contributed by atoms with Crippen LogP contribution in [0.15, 0.2) is 12.1 Å². The van der Waals surface area contributed by atoms with Gasteiger partial charge in [-0.2, -0.15) is 0 Å². The second-order valence-electron chi connectivity index (χ2n) is 4.90. The van der Waals surface area contributed by atoms with Crippen LogP contribution in [0.4, 0.5) is 4.79 Å². The van der Waals surface area contributed by atoms with Gasteiger partial charge in [0.15, 0.2) is 11.5 Å². The van der Waals surface area contributed by atoms with Crippen LogP contribution in [0, 0.1) is 6.92 Å². The van der Waals surface area contributed by atoms with Gasteiger partial charge in [-0.05, 0) is 44.0 Å². The number of amides is 2. The molecule has 0 aromatic heterocycles. The van der Waals surface area contributed by atoms with Gasteiger partial charge in [-0.25, -0.2) is 4.79 Å². The van der Waals surface area contributed by atoms with E-state index in [0.717, 1.165) is 22.6 Å². The number of fused-ring (bicyclic) bond motifs is 1. The van der Waals surface area contributed by atoms with Crippen molar-refractivity contribution in [2.24, 2.45) is 0 Å². The molecule has 0 fully saturated rings. The molecule has 0 saturated heterocycles. The average molecular weight is 264 g/mol. The maximum atomic E-state index is 11.5. The molecule has 1 aromatic carbocycles. The Bertz CT molecular complexity index is 472. The van der Waals surface area contributed by atoms with Crippen molar-refractivity contribution < 1.29 is 14.3 Å². The lowest BCUT2D eigenvalue weighted by Gasteiger charge is -2.20. The van der Waals surface area contributed by atoms with Crippen LogP contribution < -0.4 is 20.1 Å². The van der Waals surface area contributed by atoms with Crippen molar-refractivity contribution in [3.63, 3.8) is 0 Å². The van der Waals surface area contributed by atoms with Crippen molar-refractivity contribution in [1.82, 2.24) is 10.6 Å². The Morgan fingerprint density at radius 2 is 1.89 bits per heavy atom. The van der Waals surface area contributed by atoms with Crippen molar-refractivity contribution >= 4 is 6.03 Å². The maximum absolute atomic E-state index is 11.5. The number of aryl methyl sites for hydroxylation is 1. The Kier molecular flexibility index (Phi) is 4.14. The van der Waals surface area contributed by atoms with Gasteiger partial charge in [-0.3, -0.25) is 0 Å². The number of hydrogen-bond donors (Lipinski definition) is 2. The van der Waals surface area contributed by atoms with Crippen LogP contribution in [0.2, 0.25) is 0 Å². The van der Waals surface area contributed by atoms with Gasteiger partial charge < -0.3 is 20.1 Å². The van der Waals surface area contributed by atoms with Crippen LogP contribution in [0.5, 0.6) is 11.5 Å². The molecule has 0 spiro atoms. The number of carbonyl (C=O) groups excluding carboxylic acids is 1. The molecule has 0 saturated carbocycles. The van der Waals surface area contributed by atoms with Crippen molar-refractivity contribution in [2.75, 3.05) is 13.2 Å². The topological polar surface area (TPSA) is 59.6 Å². The van der Waals surface area contributed by atoms with Crippen LogP contribution in [0.25, 0.3) is 0 Å². The first kappa shape index (κ1) is 13.5. The minimum absolute atomic E-state index is 0.126. The molecule has 0 aliphatic carbocycles. The third-order valence-corrected chi connectivity index (χ3v) is 2.86. The molecule has 0 radical (unpaired) electrons. The first-order valence-electron chi connectivity index (χ1n) is 6.49. The number of benzene rings is 1. The first-order chi connectivity index (χ1) is 9.06. The minimum Gasteiger partial charge on any atom is -0.486 e. The molecule has 1 aliphatic rings. The third kappa shape index (κ3) is 3.53. The van der Waals surface area contributed by atoms with Crippen molar-refractivity contribution in [3.05, 3.63) is 23.3 Å². The van der Waals surface area contributed by atoms with E-state index in [1.54, 1.807) is 0 Å². The van der Waals surface area contributed by atoms with E-state index < -0.39 is 0 Å². The van der Waals surface area contributed by atoms with Gasteiger partial charge in [0.1, 0.15) is 13.2 Å². The Balaban J connectivity index is 2.02. The fraction of sp³-hybridized carbons (Fsp3) is 0.500. The van der Waals surface area contributed by atoms with E-state index in [1.807, 2.05) is 32.9 Å². The number of hydrogen-bond acceptors (Lipinski definition) is 3. The van der Waals surface area contributed by atoms with E-state index in [0.29, 0.717) is 19.8 Å². The van der Waals surface area contributed by atoms with Gasteiger partial charge in [0, 0.05) is 12.6 Å². The van der Waals surface area contributed by atoms with Crippen LogP contribution in [0.1, 0.15) is 25.0 Å². The molecule has 2 amide bonds.